The van der Waals surface area contributed by atoms with Gasteiger partial charge in [0.25, 0.3) is 0 Å². The highest BCUT2D eigenvalue weighted by atomic mass is 16.3. The summed E-state index contributed by atoms with van der Waals surface area (Å²) in [5.74, 6) is -9.78. The Hall–Kier alpha value is -6.64. The summed E-state index contributed by atoms with van der Waals surface area (Å²) in [5, 5.41) is 32.3. The number of aliphatic hydroxyl groups excluding tert-OH is 1. The van der Waals surface area contributed by atoms with E-state index in [4.69, 9.17) is 5.26 Å². The van der Waals surface area contributed by atoms with Crippen LogP contribution >= 0.6 is 0 Å². The highest BCUT2D eigenvalue weighted by Gasteiger charge is 2.45. The van der Waals surface area contributed by atoms with Gasteiger partial charge in [-0.2, -0.15) is 5.26 Å². The van der Waals surface area contributed by atoms with Crippen LogP contribution in [0.5, 0.6) is 0 Å². The third-order valence-corrected chi connectivity index (χ3v) is 16.8. The number of rotatable bonds is 18. The van der Waals surface area contributed by atoms with Crippen LogP contribution in [-0.2, 0) is 52.7 Å². The number of likely N-dealkylation sites (N-methyl/N-ethyl adjacent to an activating group) is 7. The standard InChI is InChI=1S/C65H114N12O12/c1-24-46-61(85)71(17)36-51(78)72(18)48(33-38(4)5)58(82)70-52(41(10)11)64(88)73(19)47(31-30-37(2)3)57(81)67-44(15)56(80)68-45(16)60(84)74(20)49(34-39(6)7)62(86)75(21)50(35-40(8)9)63(87)76(22)53(42(12)13)65(89)77(23)54(59(83)69-46)55(79)43(14)29-27-25-26-28-32-66/h25,27,37-50,52-55,79H,24,26,28-31,33-36H2,1-23H3,(H,67,81)(H,68,80)(H,69,83)(H,70,82)/b27-25+/t43-,44-,45+,46-,47-,48+,49+,50-,52-,53-,54+,55-/m1/s1. The van der Waals surface area contributed by atoms with E-state index in [1.807, 2.05) is 55.4 Å². The van der Waals surface area contributed by atoms with E-state index in [1.54, 1.807) is 53.7 Å². The molecular weight excluding hydrogens is 1140 g/mol. The molecule has 1 aliphatic heterocycles. The smallest absolute Gasteiger partial charge is 0.246 e. The molecular formula is C65H114N12O12. The number of unbranched alkanes of at least 4 members (excludes halogenated alkanes) is 1. The van der Waals surface area contributed by atoms with Crippen LogP contribution in [0.2, 0.25) is 0 Å². The monoisotopic (exact) mass is 1250 g/mol. The number of aliphatic hydroxyl groups is 1. The summed E-state index contributed by atoms with van der Waals surface area (Å²) < 4.78 is 0. The first-order chi connectivity index (χ1) is 41.2. The van der Waals surface area contributed by atoms with Gasteiger partial charge in [0.05, 0.1) is 18.7 Å². The van der Waals surface area contributed by atoms with Gasteiger partial charge in [0.2, 0.25) is 65.0 Å². The zero-order chi connectivity index (χ0) is 68.8. The predicted molar refractivity (Wildman–Crippen MR) is 342 cm³/mol. The maximum atomic E-state index is 15.2. The molecule has 0 aliphatic carbocycles. The Labute approximate surface area is 532 Å². The largest absolute Gasteiger partial charge is 0.390 e. The van der Waals surface area contributed by atoms with E-state index < -0.39 is 156 Å². The molecule has 11 amide bonds. The van der Waals surface area contributed by atoms with Crippen LogP contribution < -0.4 is 21.3 Å². The quantitative estimate of drug-likeness (QED) is 0.0961. The first-order valence-corrected chi connectivity index (χ1v) is 32.0. The molecule has 1 heterocycles. The van der Waals surface area contributed by atoms with Crippen LogP contribution in [0, 0.1) is 52.8 Å². The van der Waals surface area contributed by atoms with Crippen molar-refractivity contribution in [3.63, 3.8) is 0 Å². The molecule has 1 fully saturated rings. The Morgan fingerprint density at radius 3 is 1.46 bits per heavy atom. The number of amides is 11. The van der Waals surface area contributed by atoms with Gasteiger partial charge in [-0.3, -0.25) is 52.7 Å². The molecule has 89 heavy (non-hydrogen) atoms. The third-order valence-electron chi connectivity index (χ3n) is 16.8. The lowest BCUT2D eigenvalue weighted by Gasteiger charge is -2.41. The first kappa shape index (κ1) is 80.4. The van der Waals surface area contributed by atoms with Crippen LogP contribution in [0.3, 0.4) is 0 Å². The topological polar surface area (TPSA) is 303 Å². The summed E-state index contributed by atoms with van der Waals surface area (Å²) in [6.07, 6.45) is 3.99. The van der Waals surface area contributed by atoms with Gasteiger partial charge >= 0.3 is 0 Å². The van der Waals surface area contributed by atoms with Crippen molar-refractivity contribution in [2.24, 2.45) is 41.4 Å². The van der Waals surface area contributed by atoms with Gasteiger partial charge in [-0.05, 0) is 107 Å². The molecule has 24 heteroatoms. The van der Waals surface area contributed by atoms with Gasteiger partial charge in [0, 0.05) is 55.8 Å². The zero-order valence-corrected chi connectivity index (χ0v) is 58.1. The minimum absolute atomic E-state index is 0.00157. The first-order valence-electron chi connectivity index (χ1n) is 32.0. The second-order valence-electron chi connectivity index (χ2n) is 27.0. The normalized spacial score (nSPS) is 26.1. The fourth-order valence-electron chi connectivity index (χ4n) is 11.0. The zero-order valence-electron chi connectivity index (χ0n) is 58.1. The number of carbonyl (C=O) groups excluding carboxylic acids is 11. The second-order valence-corrected chi connectivity index (χ2v) is 27.0. The Kier molecular flexibility index (Phi) is 33.9. The van der Waals surface area contributed by atoms with E-state index in [9.17, 15) is 43.5 Å². The molecule has 12 atom stereocenters. The van der Waals surface area contributed by atoms with Crippen molar-refractivity contribution in [1.82, 2.24) is 55.6 Å². The van der Waals surface area contributed by atoms with Crippen LogP contribution in [0.4, 0.5) is 0 Å². The second kappa shape index (κ2) is 37.5. The number of nitriles is 1. The van der Waals surface area contributed by atoms with Crippen molar-refractivity contribution in [1.29, 1.82) is 5.26 Å². The number of hydrogen-bond acceptors (Lipinski definition) is 13. The molecule has 0 aromatic rings. The van der Waals surface area contributed by atoms with Crippen molar-refractivity contribution >= 4 is 65.0 Å². The molecule has 1 rings (SSSR count). The Bertz CT molecular complexity index is 2480. The number of nitrogens with zero attached hydrogens (tertiary/aromatic N) is 8. The van der Waals surface area contributed by atoms with E-state index in [2.05, 4.69) is 27.3 Å². The minimum atomic E-state index is -1.66. The summed E-state index contributed by atoms with van der Waals surface area (Å²) in [7, 11) is 9.86. The van der Waals surface area contributed by atoms with E-state index in [0.29, 0.717) is 12.8 Å². The average Bonchev–Trinajstić information content (AvgIpc) is 1.18. The molecule has 0 saturated carbocycles. The lowest BCUT2D eigenvalue weighted by molar-refractivity contribution is -0.157. The summed E-state index contributed by atoms with van der Waals surface area (Å²) in [4.78, 5) is 169. The number of hydrogen-bond donors (Lipinski definition) is 5. The number of carbonyl (C=O) groups is 11. The highest BCUT2D eigenvalue weighted by molar-refractivity contribution is 5.99. The van der Waals surface area contributed by atoms with Gasteiger partial charge < -0.3 is 60.7 Å². The molecule has 0 spiro atoms. The van der Waals surface area contributed by atoms with Crippen LogP contribution in [0.25, 0.3) is 0 Å². The fraction of sp³-hybridized carbons (Fsp3) is 0.785. The van der Waals surface area contributed by atoms with Crippen molar-refractivity contribution < 1.29 is 57.8 Å². The van der Waals surface area contributed by atoms with Gasteiger partial charge in [-0.15, -0.1) is 0 Å². The van der Waals surface area contributed by atoms with Crippen LogP contribution in [-0.4, -0.2) is 227 Å². The molecule has 24 nitrogen and oxygen atoms in total. The van der Waals surface area contributed by atoms with Crippen molar-refractivity contribution in [2.45, 2.75) is 235 Å². The van der Waals surface area contributed by atoms with Crippen LogP contribution in [0.15, 0.2) is 12.2 Å². The molecule has 1 aliphatic rings. The molecule has 5 N–H and O–H groups in total. The van der Waals surface area contributed by atoms with Crippen molar-refractivity contribution in [3.05, 3.63) is 12.2 Å². The van der Waals surface area contributed by atoms with Gasteiger partial charge in [0.1, 0.15) is 60.4 Å². The lowest BCUT2D eigenvalue weighted by atomic mass is 9.91. The maximum absolute atomic E-state index is 15.2. The molecule has 506 valence electrons. The van der Waals surface area contributed by atoms with Crippen molar-refractivity contribution in [3.8, 4) is 6.07 Å². The molecule has 0 aromatic carbocycles. The lowest BCUT2D eigenvalue weighted by Crippen LogP contribution is -2.63. The van der Waals surface area contributed by atoms with Crippen molar-refractivity contribution in [2.75, 3.05) is 55.9 Å². The summed E-state index contributed by atoms with van der Waals surface area (Å²) >= 11 is 0. The Morgan fingerprint density at radius 1 is 0.506 bits per heavy atom. The van der Waals surface area contributed by atoms with E-state index >= 15 is 14.4 Å². The molecule has 0 bridgehead atoms. The van der Waals surface area contributed by atoms with E-state index in [0.717, 1.165) is 9.80 Å². The Balaban J connectivity index is 4.36. The highest BCUT2D eigenvalue weighted by Crippen LogP contribution is 2.26. The number of nitrogens with one attached hydrogen (secondary N) is 4. The Morgan fingerprint density at radius 2 is 0.978 bits per heavy atom. The SMILES string of the molecule is CC[C@H]1NC(=O)[C@H]([C@H](O)[C@H](C)C/C=C/CCC#N)N(C)C(=O)[C@@H](C(C)C)N(C)C(=O)[C@@H](CC(C)C)N(C)C(=O)[C@H](CC(C)C)N(C)C(=O)[C@H](C)NC(=O)[C@@H](C)NC(=O)[C@@H](CCC(C)C)N(C)C(=O)[C@@H](C(C)C)NC(=O)[C@H](CC(C)C)N(C)C(=O)CN(C)C1=O. The van der Waals surface area contributed by atoms with Gasteiger partial charge in [0.15, 0.2) is 0 Å². The fourth-order valence-corrected chi connectivity index (χ4v) is 11.0. The molecule has 0 radical (unpaired) electrons. The minimum Gasteiger partial charge on any atom is -0.390 e. The summed E-state index contributed by atoms with van der Waals surface area (Å²) in [6, 6.07) is -10.4. The van der Waals surface area contributed by atoms with Crippen LogP contribution in [0.1, 0.15) is 169 Å². The van der Waals surface area contributed by atoms with E-state index in [1.165, 1.54) is 87.7 Å². The summed E-state index contributed by atoms with van der Waals surface area (Å²) in [6.45, 7) is 27.6. The van der Waals surface area contributed by atoms with E-state index in [-0.39, 0.29) is 68.6 Å². The molecule has 0 aromatic heterocycles. The number of allylic oxidation sites excluding steroid dienone is 2. The predicted octanol–water partition coefficient (Wildman–Crippen LogP) is 3.94. The van der Waals surface area contributed by atoms with Gasteiger partial charge in [-0.25, -0.2) is 0 Å². The third kappa shape index (κ3) is 23.6. The van der Waals surface area contributed by atoms with Gasteiger partial charge in [-0.1, -0.05) is 109 Å². The average molecular weight is 1260 g/mol. The molecule has 0 unspecified atom stereocenters. The molecule has 1 saturated heterocycles. The summed E-state index contributed by atoms with van der Waals surface area (Å²) in [5.41, 5.74) is 0. The maximum Gasteiger partial charge on any atom is 0.246 e.